The summed E-state index contributed by atoms with van der Waals surface area (Å²) in [5.41, 5.74) is 1.17. The van der Waals surface area contributed by atoms with Crippen molar-refractivity contribution in [2.24, 2.45) is 0 Å². The van der Waals surface area contributed by atoms with Crippen LogP contribution in [0.4, 0.5) is 0 Å². The molecule has 1 aromatic carbocycles. The van der Waals surface area contributed by atoms with Crippen LogP contribution in [0.25, 0.3) is 6.08 Å². The second-order valence-electron chi connectivity index (χ2n) is 4.95. The second kappa shape index (κ2) is 6.44. The molecule has 0 aliphatic heterocycles. The van der Waals surface area contributed by atoms with Gasteiger partial charge in [-0.2, -0.15) is 0 Å². The molecular weight excluding hydrogens is 224 g/mol. The van der Waals surface area contributed by atoms with E-state index >= 15 is 0 Å². The zero-order valence-corrected chi connectivity index (χ0v) is 11.8. The molecule has 0 aliphatic carbocycles. The minimum absolute atomic E-state index is 0.0341. The molecule has 1 atom stereocenters. The Morgan fingerprint density at radius 1 is 1.29 bits per heavy atom. The Kier molecular flexibility index (Phi) is 5.21. The quantitative estimate of drug-likeness (QED) is 0.563. The molecule has 0 saturated heterocycles. The fraction of sp³-hybridized carbons (Fsp3) is 0.333. The van der Waals surface area contributed by atoms with Gasteiger partial charge < -0.3 is 4.43 Å². The summed E-state index contributed by atoms with van der Waals surface area (Å²) in [6.45, 7) is 6.52. The van der Waals surface area contributed by atoms with Gasteiger partial charge in [0.25, 0.3) is 0 Å². The highest BCUT2D eigenvalue weighted by Gasteiger charge is 2.18. The van der Waals surface area contributed by atoms with Crippen LogP contribution in [-0.4, -0.2) is 14.4 Å². The maximum absolute atomic E-state index is 6.01. The van der Waals surface area contributed by atoms with E-state index < -0.39 is 8.32 Å². The lowest BCUT2D eigenvalue weighted by molar-refractivity contribution is 0.249. The molecule has 0 aliphatic rings. The van der Waals surface area contributed by atoms with E-state index in [4.69, 9.17) is 10.8 Å². The van der Waals surface area contributed by atoms with Crippen LogP contribution >= 0.6 is 0 Å². The standard InChI is InChI=1S/C15H20OSi/c1-5-9-15(16-17(2,3)4)13-12-14-10-7-6-8-11-14/h1,6-8,10-13,15H,9H2,2-4H3/b13-12+/t15-/m1/s1. The largest absolute Gasteiger partial charge is 0.410 e. The fourth-order valence-electron chi connectivity index (χ4n) is 1.50. The van der Waals surface area contributed by atoms with Gasteiger partial charge in [0.05, 0.1) is 6.10 Å². The molecule has 0 heterocycles. The lowest BCUT2D eigenvalue weighted by Crippen LogP contribution is -2.30. The number of terminal acetylenes is 1. The van der Waals surface area contributed by atoms with Crippen molar-refractivity contribution in [3.05, 3.63) is 42.0 Å². The van der Waals surface area contributed by atoms with E-state index in [2.05, 4.69) is 49.8 Å². The zero-order valence-electron chi connectivity index (χ0n) is 10.8. The van der Waals surface area contributed by atoms with Crippen LogP contribution in [0.5, 0.6) is 0 Å². The number of hydrogen-bond acceptors (Lipinski definition) is 1. The maximum Gasteiger partial charge on any atom is 0.184 e. The Hall–Kier alpha value is -1.30. The number of rotatable bonds is 5. The van der Waals surface area contributed by atoms with E-state index in [1.807, 2.05) is 18.2 Å². The first kappa shape index (κ1) is 13.8. The molecule has 0 fully saturated rings. The van der Waals surface area contributed by atoms with Crippen molar-refractivity contribution < 1.29 is 4.43 Å². The van der Waals surface area contributed by atoms with Crippen molar-refractivity contribution in [2.45, 2.75) is 32.2 Å². The minimum Gasteiger partial charge on any atom is -0.410 e. The predicted molar refractivity (Wildman–Crippen MR) is 77.1 cm³/mol. The van der Waals surface area contributed by atoms with Gasteiger partial charge in [0.2, 0.25) is 0 Å². The van der Waals surface area contributed by atoms with Crippen LogP contribution in [0, 0.1) is 12.3 Å². The molecule has 1 aromatic rings. The van der Waals surface area contributed by atoms with E-state index in [1.165, 1.54) is 5.56 Å². The lowest BCUT2D eigenvalue weighted by Gasteiger charge is -2.22. The third-order valence-electron chi connectivity index (χ3n) is 2.13. The van der Waals surface area contributed by atoms with Gasteiger partial charge >= 0.3 is 0 Å². The van der Waals surface area contributed by atoms with Crippen LogP contribution in [0.2, 0.25) is 19.6 Å². The Morgan fingerprint density at radius 3 is 2.47 bits per heavy atom. The highest BCUT2D eigenvalue weighted by Crippen LogP contribution is 2.12. The zero-order chi connectivity index (χ0) is 12.7. The summed E-state index contributed by atoms with van der Waals surface area (Å²) in [7, 11) is -1.54. The summed E-state index contributed by atoms with van der Waals surface area (Å²) in [6.07, 6.45) is 10.2. The van der Waals surface area contributed by atoms with Gasteiger partial charge in [-0.1, -0.05) is 42.5 Å². The lowest BCUT2D eigenvalue weighted by atomic mass is 10.1. The van der Waals surface area contributed by atoms with E-state index in [1.54, 1.807) is 0 Å². The number of benzene rings is 1. The first-order valence-electron chi connectivity index (χ1n) is 5.86. The highest BCUT2D eigenvalue weighted by molar-refractivity contribution is 6.69. The molecule has 0 spiro atoms. The van der Waals surface area contributed by atoms with Crippen LogP contribution in [0.15, 0.2) is 36.4 Å². The molecule has 0 radical (unpaired) electrons. The molecule has 0 amide bonds. The first-order chi connectivity index (χ1) is 8.01. The fourth-order valence-corrected chi connectivity index (χ4v) is 2.57. The van der Waals surface area contributed by atoms with E-state index in [0.29, 0.717) is 6.42 Å². The Bertz CT molecular complexity index is 395. The normalized spacial score (nSPS) is 13.5. The van der Waals surface area contributed by atoms with Crippen molar-refractivity contribution in [1.82, 2.24) is 0 Å². The summed E-state index contributed by atoms with van der Waals surface area (Å²) >= 11 is 0. The van der Waals surface area contributed by atoms with Gasteiger partial charge in [0.15, 0.2) is 8.32 Å². The molecule has 0 bridgehead atoms. The molecule has 0 saturated carbocycles. The van der Waals surface area contributed by atoms with Gasteiger partial charge in [0.1, 0.15) is 0 Å². The van der Waals surface area contributed by atoms with Crippen molar-refractivity contribution in [3.8, 4) is 12.3 Å². The molecular formula is C15H20OSi. The van der Waals surface area contributed by atoms with E-state index in [-0.39, 0.29) is 6.10 Å². The molecule has 17 heavy (non-hydrogen) atoms. The second-order valence-corrected chi connectivity index (χ2v) is 9.41. The summed E-state index contributed by atoms with van der Waals surface area (Å²) in [5.74, 6) is 2.67. The molecule has 0 aromatic heterocycles. The van der Waals surface area contributed by atoms with Crippen LogP contribution in [-0.2, 0) is 4.43 Å². The Balaban J connectivity index is 2.67. The molecule has 90 valence electrons. The average Bonchev–Trinajstić information content (AvgIpc) is 2.26. The third-order valence-corrected chi connectivity index (χ3v) is 3.14. The predicted octanol–water partition coefficient (Wildman–Crippen LogP) is 3.94. The van der Waals surface area contributed by atoms with Crippen molar-refractivity contribution in [1.29, 1.82) is 0 Å². The average molecular weight is 244 g/mol. The van der Waals surface area contributed by atoms with Crippen LogP contribution in [0.3, 0.4) is 0 Å². The smallest absolute Gasteiger partial charge is 0.184 e. The van der Waals surface area contributed by atoms with Gasteiger partial charge in [-0.15, -0.1) is 12.3 Å². The van der Waals surface area contributed by atoms with Gasteiger partial charge in [-0.25, -0.2) is 0 Å². The maximum atomic E-state index is 6.01. The van der Waals surface area contributed by atoms with Crippen molar-refractivity contribution >= 4 is 14.4 Å². The highest BCUT2D eigenvalue weighted by atomic mass is 28.4. The summed E-state index contributed by atoms with van der Waals surface area (Å²) in [4.78, 5) is 0. The summed E-state index contributed by atoms with van der Waals surface area (Å²) in [5, 5.41) is 0. The minimum atomic E-state index is -1.54. The molecule has 0 N–H and O–H groups in total. The van der Waals surface area contributed by atoms with Crippen LogP contribution < -0.4 is 0 Å². The third kappa shape index (κ3) is 6.11. The molecule has 2 heteroatoms. The molecule has 1 nitrogen and oxygen atoms in total. The van der Waals surface area contributed by atoms with Gasteiger partial charge in [0, 0.05) is 6.42 Å². The molecule has 0 unspecified atom stereocenters. The van der Waals surface area contributed by atoms with Gasteiger partial charge in [-0.05, 0) is 25.2 Å². The number of hydrogen-bond donors (Lipinski definition) is 0. The van der Waals surface area contributed by atoms with Crippen molar-refractivity contribution in [3.63, 3.8) is 0 Å². The Labute approximate surface area is 106 Å². The summed E-state index contributed by atoms with van der Waals surface area (Å²) in [6, 6.07) is 10.2. The SMILES string of the molecule is C#CC[C@H](/C=C/c1ccccc1)O[Si](C)(C)C. The van der Waals surface area contributed by atoms with Crippen LogP contribution in [0.1, 0.15) is 12.0 Å². The summed E-state index contributed by atoms with van der Waals surface area (Å²) < 4.78 is 6.01. The van der Waals surface area contributed by atoms with E-state index in [9.17, 15) is 0 Å². The Morgan fingerprint density at radius 2 is 1.94 bits per heavy atom. The monoisotopic (exact) mass is 244 g/mol. The topological polar surface area (TPSA) is 9.23 Å². The van der Waals surface area contributed by atoms with Crippen molar-refractivity contribution in [2.75, 3.05) is 0 Å². The van der Waals surface area contributed by atoms with Gasteiger partial charge in [-0.3, -0.25) is 0 Å². The first-order valence-corrected chi connectivity index (χ1v) is 9.26. The van der Waals surface area contributed by atoms with E-state index in [0.717, 1.165) is 0 Å². The molecule has 1 rings (SSSR count).